The molecule has 0 saturated carbocycles. The highest BCUT2D eigenvalue weighted by atomic mass is 32.1. The molecular formula is C10H14N2O3S. The number of hydrogen-bond acceptors (Lipinski definition) is 5. The van der Waals surface area contributed by atoms with Gasteiger partial charge in [-0.3, -0.25) is 9.69 Å². The normalized spacial score (nSPS) is 22.2. The van der Waals surface area contributed by atoms with Crippen molar-refractivity contribution >= 4 is 17.3 Å². The molecule has 1 saturated heterocycles. The summed E-state index contributed by atoms with van der Waals surface area (Å²) in [5.41, 5.74) is 2.78. The molecule has 6 heteroatoms. The van der Waals surface area contributed by atoms with E-state index in [2.05, 4.69) is 4.98 Å². The minimum atomic E-state index is -0.818. The van der Waals surface area contributed by atoms with Gasteiger partial charge >= 0.3 is 5.97 Å². The molecule has 16 heavy (non-hydrogen) atoms. The molecule has 0 spiro atoms. The molecule has 5 nitrogen and oxygen atoms in total. The van der Waals surface area contributed by atoms with E-state index >= 15 is 0 Å². The van der Waals surface area contributed by atoms with Gasteiger partial charge in [0.1, 0.15) is 6.04 Å². The first-order valence-corrected chi connectivity index (χ1v) is 6.00. The lowest BCUT2D eigenvalue weighted by Gasteiger charge is -2.32. The maximum Gasteiger partial charge on any atom is 0.323 e. The zero-order chi connectivity index (χ0) is 11.5. The lowest BCUT2D eigenvalue weighted by molar-refractivity contribution is -0.150. The zero-order valence-corrected chi connectivity index (χ0v) is 9.87. The fourth-order valence-corrected chi connectivity index (χ4v) is 2.52. The first kappa shape index (κ1) is 11.5. The van der Waals surface area contributed by atoms with E-state index in [0.717, 1.165) is 10.6 Å². The second kappa shape index (κ2) is 4.90. The number of morpholine rings is 1. The minimum Gasteiger partial charge on any atom is -0.480 e. The van der Waals surface area contributed by atoms with Gasteiger partial charge in [0, 0.05) is 18.0 Å². The third-order valence-corrected chi connectivity index (χ3v) is 3.64. The molecule has 1 aliphatic rings. The van der Waals surface area contributed by atoms with E-state index in [1.54, 1.807) is 16.8 Å². The van der Waals surface area contributed by atoms with E-state index in [0.29, 0.717) is 19.7 Å². The van der Waals surface area contributed by atoms with Crippen LogP contribution in [0.1, 0.15) is 10.6 Å². The van der Waals surface area contributed by atoms with Crippen LogP contribution < -0.4 is 0 Å². The number of hydrogen-bond donors (Lipinski definition) is 1. The van der Waals surface area contributed by atoms with Crippen molar-refractivity contribution in [1.29, 1.82) is 0 Å². The average molecular weight is 242 g/mol. The van der Waals surface area contributed by atoms with Crippen molar-refractivity contribution in [2.75, 3.05) is 19.8 Å². The Labute approximate surface area is 97.7 Å². The molecule has 1 fully saturated rings. The molecule has 0 bridgehead atoms. The van der Waals surface area contributed by atoms with Gasteiger partial charge in [0.2, 0.25) is 0 Å². The minimum absolute atomic E-state index is 0.271. The summed E-state index contributed by atoms with van der Waals surface area (Å²) in [4.78, 5) is 18.3. The van der Waals surface area contributed by atoms with Crippen LogP contribution in [0.4, 0.5) is 0 Å². The van der Waals surface area contributed by atoms with Crippen LogP contribution in [0.2, 0.25) is 0 Å². The van der Waals surface area contributed by atoms with E-state index in [-0.39, 0.29) is 6.61 Å². The monoisotopic (exact) mass is 242 g/mol. The molecular weight excluding hydrogens is 228 g/mol. The molecule has 1 atom stereocenters. The number of nitrogens with zero attached hydrogens (tertiary/aromatic N) is 2. The second-order valence-corrected chi connectivity index (χ2v) is 4.70. The van der Waals surface area contributed by atoms with Gasteiger partial charge in [-0.1, -0.05) is 0 Å². The van der Waals surface area contributed by atoms with Crippen molar-refractivity contribution in [3.63, 3.8) is 0 Å². The number of carboxylic acids is 1. The van der Waals surface area contributed by atoms with Crippen molar-refractivity contribution in [2.24, 2.45) is 0 Å². The molecule has 1 N–H and O–H groups in total. The second-order valence-electron chi connectivity index (χ2n) is 3.76. The third-order valence-electron chi connectivity index (χ3n) is 2.72. The van der Waals surface area contributed by atoms with Crippen molar-refractivity contribution in [3.05, 3.63) is 16.1 Å². The summed E-state index contributed by atoms with van der Waals surface area (Å²) in [6.07, 6.45) is 0. The smallest absolute Gasteiger partial charge is 0.323 e. The molecule has 1 aromatic rings. The number of aliphatic carboxylic acids is 1. The van der Waals surface area contributed by atoms with Crippen LogP contribution in [0.3, 0.4) is 0 Å². The lowest BCUT2D eigenvalue weighted by Crippen LogP contribution is -2.49. The molecule has 1 unspecified atom stereocenters. The summed E-state index contributed by atoms with van der Waals surface area (Å²) < 4.78 is 5.19. The van der Waals surface area contributed by atoms with E-state index in [1.165, 1.54) is 0 Å². The number of rotatable bonds is 3. The summed E-state index contributed by atoms with van der Waals surface area (Å²) in [7, 11) is 0. The summed E-state index contributed by atoms with van der Waals surface area (Å²) in [6, 6.07) is -0.532. The Balaban J connectivity index is 2.07. The number of carboxylic acid groups (broad SMARTS) is 1. The van der Waals surface area contributed by atoms with Gasteiger partial charge in [-0.2, -0.15) is 0 Å². The highest BCUT2D eigenvalue weighted by Gasteiger charge is 2.29. The van der Waals surface area contributed by atoms with Crippen LogP contribution in [0.5, 0.6) is 0 Å². The Morgan fingerprint density at radius 3 is 3.25 bits per heavy atom. The van der Waals surface area contributed by atoms with E-state index in [1.807, 2.05) is 11.8 Å². The third kappa shape index (κ3) is 2.40. The van der Waals surface area contributed by atoms with Gasteiger partial charge in [0.15, 0.2) is 0 Å². The molecule has 0 radical (unpaired) electrons. The van der Waals surface area contributed by atoms with Gasteiger partial charge in [0.25, 0.3) is 0 Å². The van der Waals surface area contributed by atoms with Gasteiger partial charge in [-0.25, -0.2) is 4.98 Å². The van der Waals surface area contributed by atoms with Gasteiger partial charge in [-0.15, -0.1) is 11.3 Å². The molecule has 1 aromatic heterocycles. The van der Waals surface area contributed by atoms with Gasteiger partial charge in [0.05, 0.1) is 24.4 Å². The Morgan fingerprint density at radius 2 is 2.62 bits per heavy atom. The Morgan fingerprint density at radius 1 is 1.81 bits per heavy atom. The Kier molecular flexibility index (Phi) is 3.52. The number of aromatic nitrogens is 1. The SMILES string of the molecule is Cc1ncsc1CN1CCOCC1C(=O)O. The molecule has 88 valence electrons. The number of thiazole rings is 1. The van der Waals surface area contributed by atoms with Crippen LogP contribution in [-0.2, 0) is 16.1 Å². The maximum absolute atomic E-state index is 11.0. The van der Waals surface area contributed by atoms with Crippen molar-refractivity contribution in [3.8, 4) is 0 Å². The highest BCUT2D eigenvalue weighted by Crippen LogP contribution is 2.18. The lowest BCUT2D eigenvalue weighted by atomic mass is 10.2. The molecule has 0 aliphatic carbocycles. The molecule has 0 amide bonds. The maximum atomic E-state index is 11.0. The number of carbonyl (C=O) groups is 1. The predicted molar refractivity (Wildman–Crippen MR) is 59.5 cm³/mol. The van der Waals surface area contributed by atoms with Crippen LogP contribution in [0.25, 0.3) is 0 Å². The molecule has 1 aliphatic heterocycles. The van der Waals surface area contributed by atoms with Crippen molar-refractivity contribution in [1.82, 2.24) is 9.88 Å². The molecule has 0 aromatic carbocycles. The van der Waals surface area contributed by atoms with E-state index in [9.17, 15) is 4.79 Å². The number of ether oxygens (including phenoxy) is 1. The Bertz CT molecular complexity index is 380. The highest BCUT2D eigenvalue weighted by molar-refractivity contribution is 7.09. The Hall–Kier alpha value is -0.980. The number of aryl methyl sites for hydroxylation is 1. The summed E-state index contributed by atoms with van der Waals surface area (Å²) in [5, 5.41) is 9.07. The molecule has 2 heterocycles. The fourth-order valence-electron chi connectivity index (χ4n) is 1.72. The summed E-state index contributed by atoms with van der Waals surface area (Å²) in [5.74, 6) is -0.818. The van der Waals surface area contributed by atoms with Gasteiger partial charge in [-0.05, 0) is 6.92 Å². The molecule has 2 rings (SSSR count). The topological polar surface area (TPSA) is 62.7 Å². The van der Waals surface area contributed by atoms with E-state index in [4.69, 9.17) is 9.84 Å². The van der Waals surface area contributed by atoms with Crippen LogP contribution in [0, 0.1) is 6.92 Å². The van der Waals surface area contributed by atoms with Crippen LogP contribution >= 0.6 is 11.3 Å². The summed E-state index contributed by atoms with van der Waals surface area (Å²) in [6.45, 7) is 4.13. The first-order chi connectivity index (χ1) is 7.68. The first-order valence-electron chi connectivity index (χ1n) is 5.12. The zero-order valence-electron chi connectivity index (χ0n) is 9.05. The standard InChI is InChI=1S/C10H14N2O3S/c1-7-9(16-6-11-7)4-12-2-3-15-5-8(12)10(13)14/h6,8H,2-5H2,1H3,(H,13,14). The largest absolute Gasteiger partial charge is 0.480 e. The van der Waals surface area contributed by atoms with Crippen LogP contribution in [0.15, 0.2) is 5.51 Å². The quantitative estimate of drug-likeness (QED) is 0.847. The van der Waals surface area contributed by atoms with Crippen molar-refractivity contribution < 1.29 is 14.6 Å². The van der Waals surface area contributed by atoms with E-state index < -0.39 is 12.0 Å². The predicted octanol–water partition coefficient (Wildman–Crippen LogP) is 0.737. The van der Waals surface area contributed by atoms with Crippen LogP contribution in [-0.4, -0.2) is 46.8 Å². The van der Waals surface area contributed by atoms with Crippen molar-refractivity contribution in [2.45, 2.75) is 19.5 Å². The summed E-state index contributed by atoms with van der Waals surface area (Å²) >= 11 is 1.57. The average Bonchev–Trinajstić information content (AvgIpc) is 2.65. The fraction of sp³-hybridized carbons (Fsp3) is 0.600. The van der Waals surface area contributed by atoms with Gasteiger partial charge < -0.3 is 9.84 Å².